The minimum atomic E-state index is -0.365. The Kier molecular flexibility index (Phi) is 2.63. The van der Waals surface area contributed by atoms with Gasteiger partial charge in [-0.25, -0.2) is 4.98 Å². The van der Waals surface area contributed by atoms with Crippen LogP contribution < -0.4 is 11.1 Å². The first-order chi connectivity index (χ1) is 5.72. The SMILES string of the molecule is CNc1cccc(CC(N)=O)n1. The summed E-state index contributed by atoms with van der Waals surface area (Å²) in [6, 6.07) is 5.42. The van der Waals surface area contributed by atoms with Gasteiger partial charge in [-0.2, -0.15) is 0 Å². The van der Waals surface area contributed by atoms with E-state index in [1.807, 2.05) is 12.1 Å². The second kappa shape index (κ2) is 3.71. The van der Waals surface area contributed by atoms with Gasteiger partial charge in [0.1, 0.15) is 5.82 Å². The summed E-state index contributed by atoms with van der Waals surface area (Å²) in [4.78, 5) is 14.6. The minimum absolute atomic E-state index is 0.190. The molecule has 4 nitrogen and oxygen atoms in total. The van der Waals surface area contributed by atoms with Crippen LogP contribution in [0.25, 0.3) is 0 Å². The van der Waals surface area contributed by atoms with Gasteiger partial charge in [0.2, 0.25) is 5.91 Å². The molecule has 0 bridgehead atoms. The molecular formula is C8H11N3O. The second-order valence-electron chi connectivity index (χ2n) is 2.41. The van der Waals surface area contributed by atoms with Crippen molar-refractivity contribution in [2.24, 2.45) is 5.73 Å². The molecule has 3 N–H and O–H groups in total. The molecule has 12 heavy (non-hydrogen) atoms. The van der Waals surface area contributed by atoms with E-state index in [-0.39, 0.29) is 12.3 Å². The van der Waals surface area contributed by atoms with Crippen molar-refractivity contribution in [3.05, 3.63) is 23.9 Å². The standard InChI is InChI=1S/C8H11N3O/c1-10-8-4-2-3-6(11-8)5-7(9)12/h2-4H,5H2,1H3,(H2,9,12)(H,10,11). The fourth-order valence-electron chi connectivity index (χ4n) is 0.896. The summed E-state index contributed by atoms with van der Waals surface area (Å²) in [5.74, 6) is 0.379. The average molecular weight is 165 g/mol. The Morgan fingerprint density at radius 3 is 3.00 bits per heavy atom. The molecule has 0 fully saturated rings. The maximum absolute atomic E-state index is 10.5. The molecule has 0 saturated carbocycles. The zero-order valence-corrected chi connectivity index (χ0v) is 6.87. The topological polar surface area (TPSA) is 68.0 Å². The maximum atomic E-state index is 10.5. The van der Waals surface area contributed by atoms with Crippen LogP contribution in [0.2, 0.25) is 0 Å². The molecule has 0 aliphatic carbocycles. The number of nitrogens with two attached hydrogens (primary N) is 1. The highest BCUT2D eigenvalue weighted by Crippen LogP contribution is 2.03. The molecule has 4 heteroatoms. The maximum Gasteiger partial charge on any atom is 0.223 e. The van der Waals surface area contributed by atoms with Crippen molar-refractivity contribution in [1.29, 1.82) is 0 Å². The molecule has 1 aromatic rings. The van der Waals surface area contributed by atoms with Crippen LogP contribution in [0.5, 0.6) is 0 Å². The van der Waals surface area contributed by atoms with Crippen LogP contribution in [0.1, 0.15) is 5.69 Å². The molecule has 64 valence electrons. The van der Waals surface area contributed by atoms with Crippen molar-refractivity contribution in [1.82, 2.24) is 4.98 Å². The molecule has 1 amide bonds. The van der Waals surface area contributed by atoms with Crippen molar-refractivity contribution in [2.45, 2.75) is 6.42 Å². The Bertz CT molecular complexity index is 285. The molecule has 0 atom stereocenters. The fraction of sp³-hybridized carbons (Fsp3) is 0.250. The van der Waals surface area contributed by atoms with Crippen LogP contribution >= 0.6 is 0 Å². The van der Waals surface area contributed by atoms with E-state index < -0.39 is 0 Å². The van der Waals surface area contributed by atoms with Crippen molar-refractivity contribution < 1.29 is 4.79 Å². The number of primary amides is 1. The third-order valence-electron chi connectivity index (χ3n) is 1.42. The summed E-state index contributed by atoms with van der Waals surface area (Å²) in [5.41, 5.74) is 5.71. The zero-order chi connectivity index (χ0) is 8.97. The lowest BCUT2D eigenvalue weighted by Gasteiger charge is -2.00. The number of nitrogens with zero attached hydrogens (tertiary/aromatic N) is 1. The Morgan fingerprint density at radius 2 is 2.42 bits per heavy atom. The van der Waals surface area contributed by atoms with Crippen LogP contribution in [0.4, 0.5) is 5.82 Å². The number of pyridine rings is 1. The highest BCUT2D eigenvalue weighted by atomic mass is 16.1. The van der Waals surface area contributed by atoms with E-state index >= 15 is 0 Å². The predicted molar refractivity (Wildman–Crippen MR) is 46.7 cm³/mol. The van der Waals surface area contributed by atoms with E-state index in [2.05, 4.69) is 10.3 Å². The Morgan fingerprint density at radius 1 is 1.67 bits per heavy atom. The lowest BCUT2D eigenvalue weighted by molar-refractivity contribution is -0.117. The minimum Gasteiger partial charge on any atom is -0.373 e. The van der Waals surface area contributed by atoms with E-state index in [0.717, 1.165) is 5.82 Å². The molecule has 0 spiro atoms. The molecule has 1 rings (SSSR count). The van der Waals surface area contributed by atoms with Gasteiger partial charge in [0.25, 0.3) is 0 Å². The number of hydrogen-bond acceptors (Lipinski definition) is 3. The molecule has 0 aliphatic heterocycles. The van der Waals surface area contributed by atoms with Crippen LogP contribution in [-0.4, -0.2) is 17.9 Å². The highest BCUT2D eigenvalue weighted by Gasteiger charge is 1.99. The van der Waals surface area contributed by atoms with Gasteiger partial charge in [0.15, 0.2) is 0 Å². The normalized spacial score (nSPS) is 9.42. The van der Waals surface area contributed by atoms with Gasteiger partial charge >= 0.3 is 0 Å². The molecule has 0 unspecified atom stereocenters. The van der Waals surface area contributed by atoms with Gasteiger partial charge in [-0.3, -0.25) is 4.79 Å². The van der Waals surface area contributed by atoms with Crippen LogP contribution in [-0.2, 0) is 11.2 Å². The van der Waals surface area contributed by atoms with E-state index in [0.29, 0.717) is 5.69 Å². The van der Waals surface area contributed by atoms with Crippen LogP contribution in [0, 0.1) is 0 Å². The van der Waals surface area contributed by atoms with Crippen LogP contribution in [0.3, 0.4) is 0 Å². The summed E-state index contributed by atoms with van der Waals surface area (Å²) in [5, 5.41) is 2.88. The Hall–Kier alpha value is -1.58. The summed E-state index contributed by atoms with van der Waals surface area (Å²) in [6.45, 7) is 0. The molecule has 0 saturated heterocycles. The van der Waals surface area contributed by atoms with Gasteiger partial charge in [-0.1, -0.05) is 6.07 Å². The smallest absolute Gasteiger partial charge is 0.223 e. The van der Waals surface area contributed by atoms with Gasteiger partial charge in [0, 0.05) is 7.05 Å². The molecule has 0 aliphatic rings. The first-order valence-electron chi connectivity index (χ1n) is 3.64. The van der Waals surface area contributed by atoms with Crippen molar-refractivity contribution in [3.8, 4) is 0 Å². The largest absolute Gasteiger partial charge is 0.373 e. The number of aromatic nitrogens is 1. The van der Waals surface area contributed by atoms with E-state index in [4.69, 9.17) is 5.73 Å². The van der Waals surface area contributed by atoms with Crippen molar-refractivity contribution >= 4 is 11.7 Å². The monoisotopic (exact) mass is 165 g/mol. The van der Waals surface area contributed by atoms with Gasteiger partial charge in [-0.05, 0) is 12.1 Å². The van der Waals surface area contributed by atoms with Gasteiger partial charge in [0.05, 0.1) is 12.1 Å². The molecule has 0 aromatic carbocycles. The van der Waals surface area contributed by atoms with Crippen molar-refractivity contribution in [3.63, 3.8) is 0 Å². The summed E-state index contributed by atoms with van der Waals surface area (Å²) in [7, 11) is 1.77. The number of hydrogen-bond donors (Lipinski definition) is 2. The Labute approximate surface area is 70.8 Å². The fourth-order valence-corrected chi connectivity index (χ4v) is 0.896. The first-order valence-corrected chi connectivity index (χ1v) is 3.64. The summed E-state index contributed by atoms with van der Waals surface area (Å²) >= 11 is 0. The lowest BCUT2D eigenvalue weighted by atomic mass is 10.2. The average Bonchev–Trinajstić information content (AvgIpc) is 2.03. The number of nitrogens with one attached hydrogen (secondary N) is 1. The molecule has 1 heterocycles. The molecule has 1 aromatic heterocycles. The predicted octanol–water partition coefficient (Wildman–Crippen LogP) is 0.151. The van der Waals surface area contributed by atoms with E-state index in [1.165, 1.54) is 0 Å². The first kappa shape index (κ1) is 8.52. The third-order valence-corrected chi connectivity index (χ3v) is 1.42. The van der Waals surface area contributed by atoms with Gasteiger partial charge < -0.3 is 11.1 Å². The summed E-state index contributed by atoms with van der Waals surface area (Å²) in [6.07, 6.45) is 0.190. The van der Waals surface area contributed by atoms with Crippen molar-refractivity contribution in [2.75, 3.05) is 12.4 Å². The number of carbonyl (C=O) groups excluding carboxylic acids is 1. The number of amides is 1. The lowest BCUT2D eigenvalue weighted by Crippen LogP contribution is -2.14. The van der Waals surface area contributed by atoms with Gasteiger partial charge in [-0.15, -0.1) is 0 Å². The summed E-state index contributed by atoms with van der Waals surface area (Å²) < 4.78 is 0. The number of carbonyl (C=O) groups is 1. The van der Waals surface area contributed by atoms with Crippen LogP contribution in [0.15, 0.2) is 18.2 Å². The molecular weight excluding hydrogens is 154 g/mol. The molecule has 0 radical (unpaired) electrons. The zero-order valence-electron chi connectivity index (χ0n) is 6.87. The third kappa shape index (κ3) is 2.23. The number of rotatable bonds is 3. The number of anilines is 1. The highest BCUT2D eigenvalue weighted by molar-refractivity contribution is 5.76. The quantitative estimate of drug-likeness (QED) is 0.670. The van der Waals surface area contributed by atoms with E-state index in [1.54, 1.807) is 13.1 Å². The Balaban J connectivity index is 2.79. The second-order valence-corrected chi connectivity index (χ2v) is 2.41. The van der Waals surface area contributed by atoms with E-state index in [9.17, 15) is 4.79 Å².